The normalized spacial score (nSPS) is 10.6. The van der Waals surface area contributed by atoms with Crippen LogP contribution < -0.4 is 5.32 Å². The topological polar surface area (TPSA) is 38.3 Å². The van der Waals surface area contributed by atoms with E-state index in [0.29, 0.717) is 12.5 Å². The molecule has 0 heterocycles. The summed E-state index contributed by atoms with van der Waals surface area (Å²) in [4.78, 5) is 11.6. The summed E-state index contributed by atoms with van der Waals surface area (Å²) in [5, 5.41) is 3.02. The summed E-state index contributed by atoms with van der Waals surface area (Å²) in [6.45, 7) is 14.3. The van der Waals surface area contributed by atoms with Crippen molar-refractivity contribution in [2.24, 2.45) is 5.92 Å². The Kier molecular flexibility index (Phi) is 20.9. The molecule has 140 valence electrons. The van der Waals surface area contributed by atoms with Crippen molar-refractivity contribution in [1.29, 1.82) is 0 Å². The maximum absolute atomic E-state index is 11.6. The average molecular weight is 330 g/mol. The molecule has 0 bridgehead atoms. The Bertz CT molecular complexity index is 240. The molecule has 3 nitrogen and oxygen atoms in total. The van der Waals surface area contributed by atoms with E-state index in [2.05, 4.69) is 33.0 Å². The smallest absolute Gasteiger partial charge is 0.219 e. The van der Waals surface area contributed by atoms with Crippen LogP contribution in [-0.4, -0.2) is 25.2 Å². The van der Waals surface area contributed by atoms with Crippen molar-refractivity contribution in [2.45, 2.75) is 105 Å². The zero-order valence-electron chi connectivity index (χ0n) is 16.7. The van der Waals surface area contributed by atoms with E-state index in [1.807, 2.05) is 13.8 Å². The summed E-state index contributed by atoms with van der Waals surface area (Å²) < 4.78 is 5.50. The van der Waals surface area contributed by atoms with Crippen molar-refractivity contribution >= 4 is 5.91 Å². The lowest BCUT2D eigenvalue weighted by atomic mass is 10.1. The van der Waals surface area contributed by atoms with Gasteiger partial charge in [0.05, 0.1) is 6.10 Å². The summed E-state index contributed by atoms with van der Waals surface area (Å²) in [5.74, 6) is 0.995. The maximum atomic E-state index is 11.6. The van der Waals surface area contributed by atoms with E-state index in [9.17, 15) is 4.79 Å². The molecule has 0 saturated heterocycles. The van der Waals surface area contributed by atoms with Crippen molar-refractivity contribution in [2.75, 3.05) is 13.2 Å². The minimum atomic E-state index is 0.225. The Hall–Kier alpha value is -0.570. The molecule has 0 fully saturated rings. The Balaban J connectivity index is 0. The number of ether oxygens (including phenoxy) is 1. The van der Waals surface area contributed by atoms with Crippen LogP contribution in [0.15, 0.2) is 0 Å². The molecule has 0 aliphatic carbocycles. The van der Waals surface area contributed by atoms with Crippen LogP contribution in [0.1, 0.15) is 99.3 Å². The van der Waals surface area contributed by atoms with Gasteiger partial charge in [-0.05, 0) is 39.0 Å². The van der Waals surface area contributed by atoms with Gasteiger partial charge in [-0.3, -0.25) is 4.79 Å². The fourth-order valence-corrected chi connectivity index (χ4v) is 2.23. The number of unbranched alkanes of at least 4 members (excludes halogenated alkanes) is 5. The molecule has 0 aromatic rings. The number of amides is 1. The summed E-state index contributed by atoms with van der Waals surface area (Å²) in [5.41, 5.74) is 0. The van der Waals surface area contributed by atoms with E-state index in [1.165, 1.54) is 25.7 Å². The van der Waals surface area contributed by atoms with Crippen molar-refractivity contribution in [3.63, 3.8) is 0 Å². The highest BCUT2D eigenvalue weighted by Gasteiger charge is 2.01. The van der Waals surface area contributed by atoms with Gasteiger partial charge in [-0.2, -0.15) is 0 Å². The Morgan fingerprint density at radius 3 is 2.09 bits per heavy atom. The molecule has 1 N–H and O–H groups in total. The predicted octanol–water partition coefficient (Wildman–Crippen LogP) is 5.72. The van der Waals surface area contributed by atoms with Crippen molar-refractivity contribution in [3.05, 3.63) is 0 Å². The first-order valence-corrected chi connectivity index (χ1v) is 9.90. The molecule has 0 aliphatic rings. The molecule has 0 spiro atoms. The van der Waals surface area contributed by atoms with Gasteiger partial charge in [0.25, 0.3) is 0 Å². The van der Waals surface area contributed by atoms with E-state index in [0.717, 1.165) is 44.8 Å². The molecule has 0 rings (SSSR count). The minimum absolute atomic E-state index is 0.225. The zero-order valence-corrected chi connectivity index (χ0v) is 16.7. The molecular weight excluding hydrogens is 286 g/mol. The molecule has 0 unspecified atom stereocenters. The van der Waals surface area contributed by atoms with E-state index < -0.39 is 0 Å². The fourth-order valence-electron chi connectivity index (χ4n) is 2.23. The molecule has 0 aromatic heterocycles. The SMILES string of the molecule is CC.CC(C)CCCCNC(=O)CCCCCCCOC(C)C. The number of carbonyl (C=O) groups is 1. The van der Waals surface area contributed by atoms with Crippen molar-refractivity contribution < 1.29 is 9.53 Å². The van der Waals surface area contributed by atoms with Crippen LogP contribution >= 0.6 is 0 Å². The summed E-state index contributed by atoms with van der Waals surface area (Å²) in [6, 6.07) is 0. The van der Waals surface area contributed by atoms with Gasteiger partial charge in [-0.15, -0.1) is 0 Å². The highest BCUT2D eigenvalue weighted by molar-refractivity contribution is 5.75. The number of carbonyl (C=O) groups excluding carboxylic acids is 1. The molecule has 3 heteroatoms. The second-order valence-electron chi connectivity index (χ2n) is 6.68. The van der Waals surface area contributed by atoms with Crippen LogP contribution in [0, 0.1) is 5.92 Å². The van der Waals surface area contributed by atoms with Crippen LogP contribution in [0.4, 0.5) is 0 Å². The Morgan fingerprint density at radius 2 is 1.48 bits per heavy atom. The van der Waals surface area contributed by atoms with Gasteiger partial charge in [-0.25, -0.2) is 0 Å². The van der Waals surface area contributed by atoms with E-state index in [-0.39, 0.29) is 5.91 Å². The minimum Gasteiger partial charge on any atom is -0.379 e. The first-order chi connectivity index (χ1) is 11.0. The highest BCUT2D eigenvalue weighted by atomic mass is 16.5. The lowest BCUT2D eigenvalue weighted by Gasteiger charge is -2.07. The standard InChI is InChI=1S/C18H37NO2.C2H6/c1-16(2)12-9-10-14-19-18(20)13-8-6-5-7-11-15-21-17(3)4;1-2/h16-17H,5-15H2,1-4H3,(H,19,20);1-2H3. The molecule has 23 heavy (non-hydrogen) atoms. The van der Waals surface area contributed by atoms with Gasteiger partial charge in [0, 0.05) is 19.6 Å². The van der Waals surface area contributed by atoms with Gasteiger partial charge in [0.15, 0.2) is 0 Å². The highest BCUT2D eigenvalue weighted by Crippen LogP contribution is 2.07. The number of rotatable bonds is 14. The summed E-state index contributed by atoms with van der Waals surface area (Å²) >= 11 is 0. The molecule has 0 saturated carbocycles. The van der Waals surface area contributed by atoms with Gasteiger partial charge < -0.3 is 10.1 Å². The van der Waals surface area contributed by atoms with Gasteiger partial charge >= 0.3 is 0 Å². The van der Waals surface area contributed by atoms with E-state index >= 15 is 0 Å². The van der Waals surface area contributed by atoms with Crippen molar-refractivity contribution in [1.82, 2.24) is 5.32 Å². The molecular formula is C20H43NO2. The molecule has 1 amide bonds. The molecule has 0 atom stereocenters. The number of hydrogen-bond donors (Lipinski definition) is 1. The maximum Gasteiger partial charge on any atom is 0.219 e. The van der Waals surface area contributed by atoms with Crippen LogP contribution in [0.2, 0.25) is 0 Å². The number of hydrogen-bond acceptors (Lipinski definition) is 2. The molecule has 0 radical (unpaired) electrons. The Labute approximate surface area is 146 Å². The third-order valence-corrected chi connectivity index (χ3v) is 3.53. The predicted molar refractivity (Wildman–Crippen MR) is 102 cm³/mol. The largest absolute Gasteiger partial charge is 0.379 e. The fraction of sp³-hybridized carbons (Fsp3) is 0.950. The second-order valence-corrected chi connectivity index (χ2v) is 6.68. The second kappa shape index (κ2) is 19.5. The third kappa shape index (κ3) is 23.8. The first kappa shape index (κ1) is 24.7. The summed E-state index contributed by atoms with van der Waals surface area (Å²) in [7, 11) is 0. The van der Waals surface area contributed by atoms with Crippen molar-refractivity contribution in [3.8, 4) is 0 Å². The van der Waals surface area contributed by atoms with Gasteiger partial charge in [0.1, 0.15) is 0 Å². The summed E-state index contributed by atoms with van der Waals surface area (Å²) in [6.07, 6.45) is 10.4. The van der Waals surface area contributed by atoms with Crippen LogP contribution in [-0.2, 0) is 9.53 Å². The zero-order chi connectivity index (χ0) is 17.9. The quantitative estimate of drug-likeness (QED) is 0.414. The lowest BCUT2D eigenvalue weighted by Crippen LogP contribution is -2.24. The van der Waals surface area contributed by atoms with Crippen LogP contribution in [0.25, 0.3) is 0 Å². The average Bonchev–Trinajstić information content (AvgIpc) is 2.51. The molecule has 0 aliphatic heterocycles. The first-order valence-electron chi connectivity index (χ1n) is 9.90. The van der Waals surface area contributed by atoms with Gasteiger partial charge in [-0.1, -0.05) is 59.8 Å². The van der Waals surface area contributed by atoms with Crippen LogP contribution in [0.3, 0.4) is 0 Å². The Morgan fingerprint density at radius 1 is 0.870 bits per heavy atom. The van der Waals surface area contributed by atoms with E-state index in [1.54, 1.807) is 0 Å². The lowest BCUT2D eigenvalue weighted by molar-refractivity contribution is -0.121. The number of nitrogens with one attached hydrogen (secondary N) is 1. The monoisotopic (exact) mass is 329 g/mol. The molecule has 0 aromatic carbocycles. The van der Waals surface area contributed by atoms with E-state index in [4.69, 9.17) is 4.74 Å². The van der Waals surface area contributed by atoms with Crippen LogP contribution in [0.5, 0.6) is 0 Å². The third-order valence-electron chi connectivity index (χ3n) is 3.53. The van der Waals surface area contributed by atoms with Gasteiger partial charge in [0.2, 0.25) is 5.91 Å².